The molecule has 0 fully saturated rings. The smallest absolute Gasteiger partial charge is 0.255 e. The normalized spacial score (nSPS) is 11.1. The number of carbonyl (C=O) groups is 1. The van der Waals surface area contributed by atoms with Crippen LogP contribution in [0.2, 0.25) is 0 Å². The third-order valence-electron chi connectivity index (χ3n) is 4.26. The zero-order valence-electron chi connectivity index (χ0n) is 15.9. The van der Waals surface area contributed by atoms with Gasteiger partial charge in [-0.25, -0.2) is 13.4 Å². The number of anilines is 1. The van der Waals surface area contributed by atoms with Gasteiger partial charge in [0, 0.05) is 11.6 Å². The van der Waals surface area contributed by atoms with Gasteiger partial charge in [-0.2, -0.15) is 0 Å². The quantitative estimate of drug-likeness (QED) is 0.706. The summed E-state index contributed by atoms with van der Waals surface area (Å²) in [6.07, 6.45) is 3.36. The van der Waals surface area contributed by atoms with E-state index in [-0.39, 0.29) is 10.5 Å². The molecule has 2 aromatic carbocycles. The summed E-state index contributed by atoms with van der Waals surface area (Å²) in [7, 11) is -3.97. The molecule has 0 bridgehead atoms. The molecule has 0 unspecified atom stereocenters. The molecule has 0 aliphatic heterocycles. The molecule has 0 spiro atoms. The Morgan fingerprint density at radius 2 is 1.79 bits per heavy atom. The minimum absolute atomic E-state index is 0.0137. The largest absolute Gasteiger partial charge is 0.572 e. The average Bonchev–Trinajstić information content (AvgIpc) is 2.65. The lowest BCUT2D eigenvalue weighted by atomic mass is 10.1. The number of aryl methyl sites for hydroxylation is 3. The van der Waals surface area contributed by atoms with E-state index in [1.165, 1.54) is 6.07 Å². The van der Waals surface area contributed by atoms with Gasteiger partial charge in [-0.05, 0) is 44.5 Å². The van der Waals surface area contributed by atoms with Gasteiger partial charge in [-0.3, -0.25) is 4.79 Å². The molecule has 1 amide bonds. The topological polar surface area (TPSA) is 91.5 Å². The van der Waals surface area contributed by atoms with Gasteiger partial charge in [0.2, 0.25) is 0 Å². The number of sulfonamides is 1. The second-order valence-electron chi connectivity index (χ2n) is 6.58. The summed E-state index contributed by atoms with van der Waals surface area (Å²) in [4.78, 5) is 15.4. The van der Waals surface area contributed by atoms with Gasteiger partial charge in [0.25, 0.3) is 5.91 Å². The van der Waals surface area contributed by atoms with E-state index in [9.17, 15) is 13.2 Å². The van der Waals surface area contributed by atoms with Crippen LogP contribution in [0, 0.1) is 20.8 Å². The lowest BCUT2D eigenvalue weighted by Gasteiger charge is -2.25. The van der Waals surface area contributed by atoms with Crippen molar-refractivity contribution in [2.75, 3.05) is 5.32 Å². The molecule has 144 valence electrons. The SMILES string of the molecule is Cc1ccc([N-]S(=O)(=O)c2cc(C(=O)Nc3ccc[nH+]c3)ccc2C)c(C)c1. The molecular weight excluding hydrogens is 374 g/mol. The number of aromatic nitrogens is 1. The van der Waals surface area contributed by atoms with Crippen LogP contribution in [0.1, 0.15) is 27.0 Å². The van der Waals surface area contributed by atoms with E-state index >= 15 is 0 Å². The number of H-pyrrole nitrogens is 1. The van der Waals surface area contributed by atoms with Crippen LogP contribution in [-0.2, 0) is 10.0 Å². The maximum atomic E-state index is 12.9. The second kappa shape index (κ2) is 7.82. The number of nitrogens with one attached hydrogen (secondary N) is 2. The molecule has 3 aromatic rings. The molecule has 2 N–H and O–H groups in total. The molecule has 0 aliphatic rings. The van der Waals surface area contributed by atoms with Gasteiger partial charge in [0.05, 0.1) is 4.90 Å². The number of hydrogen-bond acceptors (Lipinski definition) is 3. The number of rotatable bonds is 5. The van der Waals surface area contributed by atoms with Gasteiger partial charge in [0.1, 0.15) is 15.7 Å². The minimum atomic E-state index is -3.97. The van der Waals surface area contributed by atoms with E-state index in [1.54, 1.807) is 49.6 Å². The van der Waals surface area contributed by atoms with E-state index in [1.807, 2.05) is 26.0 Å². The summed E-state index contributed by atoms with van der Waals surface area (Å²) >= 11 is 0. The molecule has 0 saturated carbocycles. The van der Waals surface area contributed by atoms with Gasteiger partial charge >= 0.3 is 0 Å². The molecule has 0 saturated heterocycles. The number of hydrogen-bond donors (Lipinski definition) is 1. The highest BCUT2D eigenvalue weighted by molar-refractivity contribution is 7.94. The molecule has 0 radical (unpaired) electrons. The zero-order valence-corrected chi connectivity index (χ0v) is 16.7. The predicted octanol–water partition coefficient (Wildman–Crippen LogP) is 4.07. The zero-order chi connectivity index (χ0) is 20.3. The van der Waals surface area contributed by atoms with Gasteiger partial charge in [0.15, 0.2) is 12.4 Å². The third kappa shape index (κ3) is 4.37. The fourth-order valence-electron chi connectivity index (χ4n) is 2.78. The number of amides is 1. The Morgan fingerprint density at radius 1 is 1.00 bits per heavy atom. The van der Waals surface area contributed by atoms with Crippen molar-refractivity contribution in [2.24, 2.45) is 0 Å². The first-order valence-electron chi connectivity index (χ1n) is 8.70. The van der Waals surface area contributed by atoms with Gasteiger partial charge in [-0.15, -0.1) is 5.69 Å². The van der Waals surface area contributed by atoms with E-state index in [2.05, 4.69) is 15.0 Å². The molecule has 0 atom stereocenters. The average molecular weight is 395 g/mol. The second-order valence-corrected chi connectivity index (χ2v) is 8.16. The van der Waals surface area contributed by atoms with Crippen molar-refractivity contribution in [3.8, 4) is 0 Å². The van der Waals surface area contributed by atoms with Crippen LogP contribution < -0.4 is 10.3 Å². The summed E-state index contributed by atoms with van der Waals surface area (Å²) < 4.78 is 29.8. The number of benzene rings is 2. The van der Waals surface area contributed by atoms with E-state index < -0.39 is 15.9 Å². The van der Waals surface area contributed by atoms with E-state index in [4.69, 9.17) is 0 Å². The summed E-state index contributed by atoms with van der Waals surface area (Å²) in [6.45, 7) is 5.43. The molecular formula is C21H21N3O3S. The first-order chi connectivity index (χ1) is 13.3. The Morgan fingerprint density at radius 3 is 2.46 bits per heavy atom. The Bertz CT molecular complexity index is 1130. The van der Waals surface area contributed by atoms with Gasteiger partial charge < -0.3 is 10.0 Å². The minimum Gasteiger partial charge on any atom is -0.572 e. The molecule has 7 heteroatoms. The highest BCUT2D eigenvalue weighted by Crippen LogP contribution is 2.32. The highest BCUT2D eigenvalue weighted by Gasteiger charge is 2.14. The standard InChI is InChI=1S/C21H20N3O3S/c1-14-6-9-19(16(3)11-14)24-28(26,27)20-12-17(8-7-15(20)2)21(25)23-18-5-4-10-22-13-18/h4-13H,1-3H3,(H,23,25)/q-1/p+1. The lowest BCUT2D eigenvalue weighted by Crippen LogP contribution is -2.15. The Balaban J connectivity index is 1.90. The number of carbonyl (C=O) groups excluding carboxylic acids is 1. The fourth-order valence-corrected chi connectivity index (χ4v) is 4.09. The summed E-state index contributed by atoms with van der Waals surface area (Å²) in [6, 6.07) is 13.4. The monoisotopic (exact) mass is 395 g/mol. The third-order valence-corrected chi connectivity index (χ3v) is 5.70. The summed E-state index contributed by atoms with van der Waals surface area (Å²) in [5.41, 5.74) is 3.54. The number of nitrogens with zero attached hydrogens (tertiary/aromatic N) is 1. The van der Waals surface area contributed by atoms with Crippen LogP contribution in [0.4, 0.5) is 11.4 Å². The molecule has 3 rings (SSSR count). The highest BCUT2D eigenvalue weighted by atomic mass is 32.2. The molecule has 1 aromatic heterocycles. The molecule has 0 aliphatic carbocycles. The van der Waals surface area contributed by atoms with E-state index in [0.29, 0.717) is 16.9 Å². The van der Waals surface area contributed by atoms with Crippen LogP contribution in [-0.4, -0.2) is 14.3 Å². The lowest BCUT2D eigenvalue weighted by molar-refractivity contribution is -0.377. The van der Waals surface area contributed by atoms with Crippen molar-refractivity contribution in [2.45, 2.75) is 25.7 Å². The van der Waals surface area contributed by atoms with Crippen molar-refractivity contribution in [3.05, 3.63) is 87.9 Å². The van der Waals surface area contributed by atoms with Crippen molar-refractivity contribution in [3.63, 3.8) is 0 Å². The maximum Gasteiger partial charge on any atom is 0.255 e. The van der Waals surface area contributed by atoms with Crippen molar-refractivity contribution < 1.29 is 18.2 Å². The number of pyridine rings is 1. The molecule has 1 heterocycles. The van der Waals surface area contributed by atoms with Crippen LogP contribution in [0.5, 0.6) is 0 Å². The van der Waals surface area contributed by atoms with Crippen LogP contribution >= 0.6 is 0 Å². The first-order valence-corrected chi connectivity index (χ1v) is 10.1. The Labute approximate surface area is 164 Å². The summed E-state index contributed by atoms with van der Waals surface area (Å²) in [5.74, 6) is -0.400. The molecule has 28 heavy (non-hydrogen) atoms. The van der Waals surface area contributed by atoms with Crippen LogP contribution in [0.3, 0.4) is 0 Å². The van der Waals surface area contributed by atoms with E-state index in [0.717, 1.165) is 11.1 Å². The van der Waals surface area contributed by atoms with Crippen molar-refractivity contribution >= 4 is 27.3 Å². The van der Waals surface area contributed by atoms with Crippen LogP contribution in [0.15, 0.2) is 65.8 Å². The Hall–Kier alpha value is -3.19. The maximum absolute atomic E-state index is 12.9. The fraction of sp³-hybridized carbons (Fsp3) is 0.143. The Kier molecular flexibility index (Phi) is 5.46. The number of aromatic amines is 1. The van der Waals surface area contributed by atoms with Crippen molar-refractivity contribution in [1.29, 1.82) is 0 Å². The predicted molar refractivity (Wildman–Crippen MR) is 108 cm³/mol. The van der Waals surface area contributed by atoms with Gasteiger partial charge in [-0.1, -0.05) is 35.4 Å². The first kappa shape index (κ1) is 19.6. The van der Waals surface area contributed by atoms with Crippen molar-refractivity contribution in [1.82, 2.24) is 0 Å². The van der Waals surface area contributed by atoms with Crippen LogP contribution in [0.25, 0.3) is 4.72 Å². The molecule has 6 nitrogen and oxygen atoms in total. The summed E-state index contributed by atoms with van der Waals surface area (Å²) in [5, 5.41) is 2.73.